The second-order valence-electron chi connectivity index (χ2n) is 4.64. The van der Waals surface area contributed by atoms with Crippen LogP contribution in [0.3, 0.4) is 0 Å². The van der Waals surface area contributed by atoms with Crippen LogP contribution in [0.25, 0.3) is 0 Å². The predicted molar refractivity (Wildman–Crippen MR) is 57.2 cm³/mol. The van der Waals surface area contributed by atoms with Gasteiger partial charge >= 0.3 is 0 Å². The van der Waals surface area contributed by atoms with Crippen LogP contribution in [0.1, 0.15) is 25.7 Å². The Kier molecular flexibility index (Phi) is 3.79. The summed E-state index contributed by atoms with van der Waals surface area (Å²) >= 11 is 0. The lowest BCUT2D eigenvalue weighted by Gasteiger charge is -2.35. The molecule has 0 aromatic carbocycles. The molecule has 2 N–H and O–H groups in total. The first-order chi connectivity index (χ1) is 6.90. The molecular weight excluding hydrogens is 176 g/mol. The van der Waals surface area contributed by atoms with Gasteiger partial charge in [-0.2, -0.15) is 0 Å². The van der Waals surface area contributed by atoms with Crippen molar-refractivity contribution in [3.05, 3.63) is 0 Å². The molecule has 2 aliphatic heterocycles. The molecule has 0 spiro atoms. The molecule has 0 aromatic heterocycles. The molecule has 0 bridgehead atoms. The topological polar surface area (TPSA) is 38.5 Å². The van der Waals surface area contributed by atoms with Gasteiger partial charge in [0.1, 0.15) is 0 Å². The fourth-order valence-corrected chi connectivity index (χ4v) is 2.47. The van der Waals surface area contributed by atoms with Crippen molar-refractivity contribution < 1.29 is 4.74 Å². The number of hydrogen-bond acceptors (Lipinski definition) is 3. The van der Waals surface area contributed by atoms with Crippen molar-refractivity contribution >= 4 is 0 Å². The lowest BCUT2D eigenvalue weighted by molar-refractivity contribution is -0.0508. The maximum Gasteiger partial charge on any atom is 0.0528 e. The lowest BCUT2D eigenvalue weighted by atomic mass is 10.1. The summed E-state index contributed by atoms with van der Waals surface area (Å²) in [6.45, 7) is 5.22. The van der Waals surface area contributed by atoms with Gasteiger partial charge in [-0.3, -0.25) is 4.90 Å². The fourth-order valence-electron chi connectivity index (χ4n) is 2.47. The Labute approximate surface area is 86.6 Å². The molecule has 14 heavy (non-hydrogen) atoms. The molecule has 2 aliphatic rings. The van der Waals surface area contributed by atoms with Gasteiger partial charge in [-0.25, -0.2) is 0 Å². The molecule has 1 atom stereocenters. The molecule has 82 valence electrons. The normalized spacial score (nSPS) is 31.1. The summed E-state index contributed by atoms with van der Waals surface area (Å²) in [5.41, 5.74) is 5.83. The number of ether oxygens (including phenoxy) is 1. The van der Waals surface area contributed by atoms with E-state index >= 15 is 0 Å². The molecule has 3 nitrogen and oxygen atoms in total. The molecule has 1 unspecified atom stereocenters. The largest absolute Gasteiger partial charge is 0.381 e. The van der Waals surface area contributed by atoms with E-state index in [0.29, 0.717) is 6.04 Å². The summed E-state index contributed by atoms with van der Waals surface area (Å²) < 4.78 is 5.22. The summed E-state index contributed by atoms with van der Waals surface area (Å²) in [5, 5.41) is 0. The molecule has 0 amide bonds. The first-order valence-electron chi connectivity index (χ1n) is 5.92. The smallest absolute Gasteiger partial charge is 0.0528 e. The van der Waals surface area contributed by atoms with Crippen molar-refractivity contribution in [2.45, 2.75) is 31.7 Å². The second-order valence-corrected chi connectivity index (χ2v) is 4.64. The summed E-state index contributed by atoms with van der Waals surface area (Å²) in [6, 6.07) is 0.637. The number of nitrogens with two attached hydrogens (primary N) is 1. The monoisotopic (exact) mass is 198 g/mol. The number of likely N-dealkylation sites (tertiary alicyclic amines) is 1. The third-order valence-corrected chi connectivity index (χ3v) is 3.47. The van der Waals surface area contributed by atoms with Crippen LogP contribution in [0.5, 0.6) is 0 Å². The van der Waals surface area contributed by atoms with Crippen LogP contribution in [-0.2, 0) is 4.74 Å². The fraction of sp³-hybridized carbons (Fsp3) is 1.00. The van der Waals surface area contributed by atoms with Crippen LogP contribution in [0, 0.1) is 5.92 Å². The van der Waals surface area contributed by atoms with Crippen LogP contribution in [-0.4, -0.2) is 43.8 Å². The van der Waals surface area contributed by atoms with Crippen molar-refractivity contribution in [1.82, 2.24) is 4.90 Å². The van der Waals surface area contributed by atoms with Gasteiger partial charge < -0.3 is 10.5 Å². The lowest BCUT2D eigenvalue weighted by Crippen LogP contribution is -2.46. The SMILES string of the molecule is NCC1CCCCCN1CC1COC1. The van der Waals surface area contributed by atoms with Gasteiger partial charge in [0.2, 0.25) is 0 Å². The Hall–Kier alpha value is -0.120. The average Bonchev–Trinajstić information content (AvgIpc) is 2.35. The van der Waals surface area contributed by atoms with E-state index in [2.05, 4.69) is 4.90 Å². The first-order valence-corrected chi connectivity index (χ1v) is 5.92. The van der Waals surface area contributed by atoms with Gasteiger partial charge in [-0.1, -0.05) is 12.8 Å². The highest BCUT2D eigenvalue weighted by Gasteiger charge is 2.26. The van der Waals surface area contributed by atoms with Crippen molar-refractivity contribution in [1.29, 1.82) is 0 Å². The Balaban J connectivity index is 1.83. The summed E-state index contributed by atoms with van der Waals surface area (Å²) in [4.78, 5) is 2.60. The van der Waals surface area contributed by atoms with Crippen molar-refractivity contribution in [3.63, 3.8) is 0 Å². The Morgan fingerprint density at radius 3 is 2.71 bits per heavy atom. The zero-order valence-corrected chi connectivity index (χ0v) is 8.95. The van der Waals surface area contributed by atoms with Crippen LogP contribution in [0.2, 0.25) is 0 Å². The van der Waals surface area contributed by atoms with Crippen molar-refractivity contribution in [2.24, 2.45) is 11.7 Å². The van der Waals surface area contributed by atoms with E-state index in [9.17, 15) is 0 Å². The maximum atomic E-state index is 5.83. The molecule has 0 saturated carbocycles. The van der Waals surface area contributed by atoms with E-state index in [0.717, 1.165) is 25.7 Å². The molecule has 2 fully saturated rings. The zero-order valence-electron chi connectivity index (χ0n) is 8.95. The summed E-state index contributed by atoms with van der Waals surface area (Å²) in [5.74, 6) is 0.780. The van der Waals surface area contributed by atoms with Crippen LogP contribution >= 0.6 is 0 Å². The maximum absolute atomic E-state index is 5.83. The third-order valence-electron chi connectivity index (χ3n) is 3.47. The van der Waals surface area contributed by atoms with E-state index in [1.165, 1.54) is 38.8 Å². The van der Waals surface area contributed by atoms with Crippen LogP contribution in [0.15, 0.2) is 0 Å². The minimum Gasteiger partial charge on any atom is -0.381 e. The Morgan fingerprint density at radius 2 is 2.07 bits per heavy atom. The van der Waals surface area contributed by atoms with E-state index in [1.807, 2.05) is 0 Å². The minimum atomic E-state index is 0.637. The van der Waals surface area contributed by atoms with E-state index < -0.39 is 0 Å². The van der Waals surface area contributed by atoms with E-state index in [4.69, 9.17) is 10.5 Å². The minimum absolute atomic E-state index is 0.637. The molecule has 0 radical (unpaired) electrons. The predicted octanol–water partition coefficient (Wildman–Crippen LogP) is 0.836. The quantitative estimate of drug-likeness (QED) is 0.730. The molecule has 2 saturated heterocycles. The van der Waals surface area contributed by atoms with Gasteiger partial charge in [-0.15, -0.1) is 0 Å². The highest BCUT2D eigenvalue weighted by atomic mass is 16.5. The highest BCUT2D eigenvalue weighted by molar-refractivity contribution is 4.80. The number of nitrogens with zero attached hydrogens (tertiary/aromatic N) is 1. The van der Waals surface area contributed by atoms with Gasteiger partial charge in [0.05, 0.1) is 13.2 Å². The molecular formula is C11H22N2O. The third kappa shape index (κ3) is 2.47. The number of rotatable bonds is 3. The van der Waals surface area contributed by atoms with Crippen LogP contribution < -0.4 is 5.73 Å². The van der Waals surface area contributed by atoms with Gasteiger partial charge in [0.25, 0.3) is 0 Å². The standard InChI is InChI=1S/C11H22N2O/c12-6-11-4-2-1-3-5-13(11)7-10-8-14-9-10/h10-11H,1-9,12H2. The summed E-state index contributed by atoms with van der Waals surface area (Å²) in [7, 11) is 0. The van der Waals surface area contributed by atoms with Crippen LogP contribution in [0.4, 0.5) is 0 Å². The van der Waals surface area contributed by atoms with Gasteiger partial charge in [-0.05, 0) is 19.4 Å². The molecule has 0 aliphatic carbocycles. The summed E-state index contributed by atoms with van der Waals surface area (Å²) in [6.07, 6.45) is 5.39. The van der Waals surface area contributed by atoms with Gasteiger partial charge in [0.15, 0.2) is 0 Å². The van der Waals surface area contributed by atoms with Gasteiger partial charge in [0, 0.05) is 25.0 Å². The molecule has 3 heteroatoms. The van der Waals surface area contributed by atoms with Crippen molar-refractivity contribution in [2.75, 3.05) is 32.8 Å². The zero-order chi connectivity index (χ0) is 9.80. The Morgan fingerprint density at radius 1 is 1.21 bits per heavy atom. The number of hydrogen-bond donors (Lipinski definition) is 1. The highest BCUT2D eigenvalue weighted by Crippen LogP contribution is 2.20. The molecule has 0 aromatic rings. The Bertz CT molecular complexity index is 171. The van der Waals surface area contributed by atoms with E-state index in [1.54, 1.807) is 0 Å². The van der Waals surface area contributed by atoms with E-state index in [-0.39, 0.29) is 0 Å². The second kappa shape index (κ2) is 5.10. The van der Waals surface area contributed by atoms with Crippen molar-refractivity contribution in [3.8, 4) is 0 Å². The first kappa shape index (κ1) is 10.4. The molecule has 2 heterocycles. The average molecular weight is 198 g/mol. The molecule has 2 rings (SSSR count).